The third-order valence-corrected chi connectivity index (χ3v) is 3.33. The Morgan fingerprint density at radius 3 is 2.37 bits per heavy atom. The summed E-state index contributed by atoms with van der Waals surface area (Å²) in [5.41, 5.74) is 3.72. The second-order valence-electron chi connectivity index (χ2n) is 5.01. The quantitative estimate of drug-likeness (QED) is 0.819. The monoisotopic (exact) mass is 258 g/mol. The summed E-state index contributed by atoms with van der Waals surface area (Å²) in [5.74, 6) is 0.925. The predicted octanol–water partition coefficient (Wildman–Crippen LogP) is 3.25. The van der Waals surface area contributed by atoms with Gasteiger partial charge >= 0.3 is 0 Å². The minimum Gasteiger partial charge on any atom is -0.492 e. The molecule has 3 heteroatoms. The maximum Gasteiger partial charge on any atom is 0.121 e. The van der Waals surface area contributed by atoms with E-state index in [-0.39, 0.29) is 0 Å². The van der Waals surface area contributed by atoms with Gasteiger partial charge in [0.15, 0.2) is 0 Å². The van der Waals surface area contributed by atoms with Crippen molar-refractivity contribution in [3.8, 4) is 5.75 Å². The maximum atomic E-state index is 5.83. The summed E-state index contributed by atoms with van der Waals surface area (Å²) in [4.78, 5) is 2.08. The second kappa shape index (κ2) is 5.83. The summed E-state index contributed by atoms with van der Waals surface area (Å²) in [6.45, 7) is 5.82. The first-order chi connectivity index (χ1) is 9.08. The number of hydrogen-bond donors (Lipinski definition) is 0. The first-order valence-corrected chi connectivity index (χ1v) is 6.61. The van der Waals surface area contributed by atoms with Crippen molar-refractivity contribution in [1.82, 2.24) is 4.57 Å². The third-order valence-electron chi connectivity index (χ3n) is 3.33. The Morgan fingerprint density at radius 2 is 1.74 bits per heavy atom. The molecule has 2 aromatic rings. The SMILES string of the molecule is Cc1ccc(C)n1CCOc1cccc(N(C)C)c1. The Kier molecular flexibility index (Phi) is 4.15. The maximum absolute atomic E-state index is 5.83. The summed E-state index contributed by atoms with van der Waals surface area (Å²) in [6.07, 6.45) is 0. The average molecular weight is 258 g/mol. The van der Waals surface area contributed by atoms with Crippen molar-refractivity contribution in [2.75, 3.05) is 25.6 Å². The van der Waals surface area contributed by atoms with Crippen molar-refractivity contribution in [2.45, 2.75) is 20.4 Å². The van der Waals surface area contributed by atoms with Crippen molar-refractivity contribution in [3.63, 3.8) is 0 Å². The lowest BCUT2D eigenvalue weighted by Crippen LogP contribution is -2.11. The Balaban J connectivity index is 1.94. The van der Waals surface area contributed by atoms with Gasteiger partial charge in [-0.3, -0.25) is 0 Å². The number of benzene rings is 1. The van der Waals surface area contributed by atoms with E-state index in [1.807, 2.05) is 26.2 Å². The van der Waals surface area contributed by atoms with Crippen molar-refractivity contribution < 1.29 is 4.74 Å². The molecule has 1 heterocycles. The van der Waals surface area contributed by atoms with E-state index in [0.29, 0.717) is 6.61 Å². The molecule has 19 heavy (non-hydrogen) atoms. The van der Waals surface area contributed by atoms with E-state index in [1.165, 1.54) is 11.4 Å². The molecule has 1 aromatic carbocycles. The van der Waals surface area contributed by atoms with Gasteiger partial charge in [-0.25, -0.2) is 0 Å². The molecule has 0 saturated heterocycles. The highest BCUT2D eigenvalue weighted by atomic mass is 16.5. The Morgan fingerprint density at radius 1 is 1.05 bits per heavy atom. The molecule has 0 bridgehead atoms. The minimum atomic E-state index is 0.688. The molecule has 102 valence electrons. The number of aryl methyl sites for hydroxylation is 2. The first kappa shape index (κ1) is 13.5. The molecule has 0 N–H and O–H groups in total. The van der Waals surface area contributed by atoms with Gasteiger partial charge in [0.1, 0.15) is 12.4 Å². The molecule has 0 spiro atoms. The van der Waals surface area contributed by atoms with Crippen LogP contribution in [0.2, 0.25) is 0 Å². The molecule has 1 aromatic heterocycles. The fraction of sp³-hybridized carbons (Fsp3) is 0.375. The lowest BCUT2D eigenvalue weighted by molar-refractivity contribution is 0.296. The van der Waals surface area contributed by atoms with E-state index in [1.54, 1.807) is 0 Å². The van der Waals surface area contributed by atoms with Gasteiger partial charge in [0, 0.05) is 37.2 Å². The Labute approximate surface area is 115 Å². The van der Waals surface area contributed by atoms with Crippen molar-refractivity contribution >= 4 is 5.69 Å². The highest BCUT2D eigenvalue weighted by Gasteiger charge is 2.02. The van der Waals surface area contributed by atoms with Crippen LogP contribution in [0.15, 0.2) is 36.4 Å². The number of anilines is 1. The largest absolute Gasteiger partial charge is 0.492 e. The van der Waals surface area contributed by atoms with Gasteiger partial charge < -0.3 is 14.2 Å². The van der Waals surface area contributed by atoms with Crippen LogP contribution in [0.5, 0.6) is 5.75 Å². The van der Waals surface area contributed by atoms with Crippen LogP contribution in [0, 0.1) is 13.8 Å². The van der Waals surface area contributed by atoms with Gasteiger partial charge in [0.2, 0.25) is 0 Å². The van der Waals surface area contributed by atoms with Crippen LogP contribution in [0.4, 0.5) is 5.69 Å². The van der Waals surface area contributed by atoms with Crippen molar-refractivity contribution in [2.24, 2.45) is 0 Å². The second-order valence-corrected chi connectivity index (χ2v) is 5.01. The molecule has 0 saturated carbocycles. The van der Waals surface area contributed by atoms with Crippen LogP contribution in [0.3, 0.4) is 0 Å². The van der Waals surface area contributed by atoms with Crippen LogP contribution in [-0.2, 0) is 6.54 Å². The Hall–Kier alpha value is -1.90. The topological polar surface area (TPSA) is 17.4 Å². The van der Waals surface area contributed by atoms with E-state index in [9.17, 15) is 0 Å². The molecular formula is C16H22N2O. The van der Waals surface area contributed by atoms with Crippen LogP contribution < -0.4 is 9.64 Å². The predicted molar refractivity (Wildman–Crippen MR) is 80.2 cm³/mol. The van der Waals surface area contributed by atoms with Crippen LogP contribution in [0.1, 0.15) is 11.4 Å². The molecule has 0 radical (unpaired) electrons. The van der Waals surface area contributed by atoms with Gasteiger partial charge in [-0.2, -0.15) is 0 Å². The molecular weight excluding hydrogens is 236 g/mol. The summed E-state index contributed by atoms with van der Waals surface area (Å²) in [7, 11) is 4.07. The highest BCUT2D eigenvalue weighted by Crippen LogP contribution is 2.19. The average Bonchev–Trinajstić information content (AvgIpc) is 2.71. The molecule has 0 aliphatic carbocycles. The fourth-order valence-corrected chi connectivity index (χ4v) is 2.16. The van der Waals surface area contributed by atoms with Gasteiger partial charge in [-0.1, -0.05) is 6.07 Å². The van der Waals surface area contributed by atoms with Crippen LogP contribution >= 0.6 is 0 Å². The molecule has 2 rings (SSSR count). The van der Waals surface area contributed by atoms with E-state index >= 15 is 0 Å². The summed E-state index contributed by atoms with van der Waals surface area (Å²) in [5, 5.41) is 0. The lowest BCUT2D eigenvalue weighted by Gasteiger charge is -2.15. The number of rotatable bonds is 5. The summed E-state index contributed by atoms with van der Waals surface area (Å²) >= 11 is 0. The standard InChI is InChI=1S/C16H22N2O/c1-13-8-9-14(2)18(13)10-11-19-16-7-5-6-15(12-16)17(3)4/h5-9,12H,10-11H2,1-4H3. The molecule has 0 unspecified atom stereocenters. The third kappa shape index (κ3) is 3.31. The molecule has 0 atom stereocenters. The van der Waals surface area contributed by atoms with Gasteiger partial charge in [0.25, 0.3) is 0 Å². The van der Waals surface area contributed by atoms with Gasteiger partial charge in [0.05, 0.1) is 6.54 Å². The number of hydrogen-bond acceptors (Lipinski definition) is 2. The zero-order chi connectivity index (χ0) is 13.8. The van der Waals surface area contributed by atoms with Crippen molar-refractivity contribution in [3.05, 3.63) is 47.8 Å². The molecule has 0 aliphatic rings. The van der Waals surface area contributed by atoms with Crippen LogP contribution in [-0.4, -0.2) is 25.3 Å². The molecule has 3 nitrogen and oxygen atoms in total. The normalized spacial score (nSPS) is 10.5. The van der Waals surface area contributed by atoms with E-state index in [0.717, 1.165) is 18.0 Å². The molecule has 0 amide bonds. The number of ether oxygens (including phenoxy) is 1. The van der Waals surface area contributed by atoms with E-state index < -0.39 is 0 Å². The number of aromatic nitrogens is 1. The van der Waals surface area contributed by atoms with E-state index in [4.69, 9.17) is 4.74 Å². The van der Waals surface area contributed by atoms with Crippen molar-refractivity contribution in [1.29, 1.82) is 0 Å². The summed E-state index contributed by atoms with van der Waals surface area (Å²) in [6, 6.07) is 12.5. The zero-order valence-corrected chi connectivity index (χ0v) is 12.2. The minimum absolute atomic E-state index is 0.688. The zero-order valence-electron chi connectivity index (χ0n) is 12.2. The highest BCUT2D eigenvalue weighted by molar-refractivity contribution is 5.49. The van der Waals surface area contributed by atoms with Gasteiger partial charge in [-0.15, -0.1) is 0 Å². The lowest BCUT2D eigenvalue weighted by atomic mass is 10.3. The molecule has 0 aliphatic heterocycles. The van der Waals surface area contributed by atoms with E-state index in [2.05, 4.69) is 47.6 Å². The summed E-state index contributed by atoms with van der Waals surface area (Å²) < 4.78 is 8.11. The first-order valence-electron chi connectivity index (χ1n) is 6.61. The Bertz CT molecular complexity index is 524. The van der Waals surface area contributed by atoms with Crippen LogP contribution in [0.25, 0.3) is 0 Å². The smallest absolute Gasteiger partial charge is 0.121 e. The fourth-order valence-electron chi connectivity index (χ4n) is 2.16. The number of nitrogens with zero attached hydrogens (tertiary/aromatic N) is 2. The van der Waals surface area contributed by atoms with Gasteiger partial charge in [-0.05, 0) is 38.1 Å². The molecule has 0 fully saturated rings.